The molecule has 3 rings (SSSR count). The zero-order valence-electron chi connectivity index (χ0n) is 9.68. The van der Waals surface area contributed by atoms with Crippen molar-refractivity contribution in [2.75, 3.05) is 0 Å². The zero-order chi connectivity index (χ0) is 13.2. The van der Waals surface area contributed by atoms with Crippen LogP contribution in [0.2, 0.25) is 0 Å². The van der Waals surface area contributed by atoms with Crippen LogP contribution in [0.5, 0.6) is 0 Å². The minimum absolute atomic E-state index is 0.289. The first-order valence-electron chi connectivity index (χ1n) is 5.56. The van der Waals surface area contributed by atoms with E-state index >= 15 is 0 Å². The third-order valence-electron chi connectivity index (χ3n) is 2.59. The largest absolute Gasteiger partial charge is 0.236 e. The summed E-state index contributed by atoms with van der Waals surface area (Å²) in [6, 6.07) is 10.5. The van der Waals surface area contributed by atoms with Crippen LogP contribution in [0.4, 0.5) is 8.78 Å². The molecule has 0 saturated carbocycles. The van der Waals surface area contributed by atoms with Gasteiger partial charge >= 0.3 is 0 Å². The standard InChI is InChI=1S/C14H8F2N2S/c15-9-1-4-11(5-2-9)19-14-12-7-10(16)3-6-13(12)17-8-18-14/h1-8H. The summed E-state index contributed by atoms with van der Waals surface area (Å²) in [5.74, 6) is -0.619. The Morgan fingerprint density at radius 1 is 0.842 bits per heavy atom. The van der Waals surface area contributed by atoms with Gasteiger partial charge < -0.3 is 0 Å². The van der Waals surface area contributed by atoms with Crippen molar-refractivity contribution in [2.45, 2.75) is 9.92 Å². The van der Waals surface area contributed by atoms with E-state index in [0.29, 0.717) is 15.9 Å². The highest BCUT2D eigenvalue weighted by Gasteiger charge is 2.07. The van der Waals surface area contributed by atoms with Crippen LogP contribution < -0.4 is 0 Å². The number of rotatable bonds is 2. The summed E-state index contributed by atoms with van der Waals surface area (Å²) < 4.78 is 26.1. The molecule has 3 aromatic rings. The van der Waals surface area contributed by atoms with Crippen molar-refractivity contribution in [3.05, 3.63) is 60.4 Å². The van der Waals surface area contributed by atoms with E-state index in [0.717, 1.165) is 4.90 Å². The molecule has 0 spiro atoms. The molecule has 0 saturated heterocycles. The van der Waals surface area contributed by atoms with Crippen molar-refractivity contribution in [2.24, 2.45) is 0 Å². The van der Waals surface area contributed by atoms with E-state index in [-0.39, 0.29) is 11.6 Å². The molecule has 1 heterocycles. The average Bonchev–Trinajstić information content (AvgIpc) is 2.42. The monoisotopic (exact) mass is 274 g/mol. The highest BCUT2D eigenvalue weighted by Crippen LogP contribution is 2.31. The van der Waals surface area contributed by atoms with Crippen LogP contribution >= 0.6 is 11.8 Å². The number of aromatic nitrogens is 2. The van der Waals surface area contributed by atoms with Crippen LogP contribution in [0.1, 0.15) is 0 Å². The van der Waals surface area contributed by atoms with Crippen molar-refractivity contribution in [3.8, 4) is 0 Å². The lowest BCUT2D eigenvalue weighted by atomic mass is 10.2. The lowest BCUT2D eigenvalue weighted by molar-refractivity contribution is 0.626. The molecule has 0 atom stereocenters. The molecule has 0 bridgehead atoms. The Morgan fingerprint density at radius 2 is 1.58 bits per heavy atom. The third kappa shape index (κ3) is 2.56. The van der Waals surface area contributed by atoms with Gasteiger partial charge in [-0.15, -0.1) is 0 Å². The zero-order valence-corrected chi connectivity index (χ0v) is 10.5. The fourth-order valence-electron chi connectivity index (χ4n) is 1.70. The van der Waals surface area contributed by atoms with E-state index in [2.05, 4.69) is 9.97 Å². The lowest BCUT2D eigenvalue weighted by Gasteiger charge is -2.04. The van der Waals surface area contributed by atoms with Crippen LogP contribution in [-0.2, 0) is 0 Å². The maximum Gasteiger partial charge on any atom is 0.124 e. The Bertz CT molecular complexity index is 729. The van der Waals surface area contributed by atoms with E-state index in [9.17, 15) is 8.78 Å². The minimum atomic E-state index is -0.330. The number of hydrogen-bond acceptors (Lipinski definition) is 3. The van der Waals surface area contributed by atoms with Crippen LogP contribution in [0.25, 0.3) is 10.9 Å². The molecular formula is C14H8F2N2S. The van der Waals surface area contributed by atoms with Crippen LogP contribution in [0.15, 0.2) is 58.7 Å². The Labute approximate surface area is 112 Å². The number of halogens is 2. The van der Waals surface area contributed by atoms with Crippen molar-refractivity contribution >= 4 is 22.7 Å². The molecule has 0 unspecified atom stereocenters. The Kier molecular flexibility index (Phi) is 3.13. The van der Waals surface area contributed by atoms with Gasteiger partial charge in [-0.1, -0.05) is 11.8 Å². The molecule has 0 fully saturated rings. The summed E-state index contributed by atoms with van der Waals surface area (Å²) in [6.45, 7) is 0. The Morgan fingerprint density at radius 3 is 2.37 bits per heavy atom. The van der Waals surface area contributed by atoms with Gasteiger partial charge in [0.1, 0.15) is 23.0 Å². The SMILES string of the molecule is Fc1ccc(Sc2ncnc3ccc(F)cc23)cc1. The number of nitrogens with zero attached hydrogens (tertiary/aromatic N) is 2. The molecule has 0 N–H and O–H groups in total. The topological polar surface area (TPSA) is 25.8 Å². The molecule has 2 aromatic carbocycles. The summed E-state index contributed by atoms with van der Waals surface area (Å²) in [5, 5.41) is 1.30. The summed E-state index contributed by atoms with van der Waals surface area (Å²) >= 11 is 1.35. The molecule has 0 aliphatic heterocycles. The van der Waals surface area contributed by atoms with Gasteiger partial charge in [-0.25, -0.2) is 18.7 Å². The first-order valence-corrected chi connectivity index (χ1v) is 6.38. The second-order valence-corrected chi connectivity index (χ2v) is 4.96. The number of hydrogen-bond donors (Lipinski definition) is 0. The quantitative estimate of drug-likeness (QED) is 0.659. The van der Waals surface area contributed by atoms with Crippen molar-refractivity contribution in [3.63, 3.8) is 0 Å². The number of fused-ring (bicyclic) bond motifs is 1. The normalized spacial score (nSPS) is 10.8. The molecular weight excluding hydrogens is 266 g/mol. The lowest BCUT2D eigenvalue weighted by Crippen LogP contribution is -1.88. The molecule has 5 heteroatoms. The molecule has 2 nitrogen and oxygen atoms in total. The van der Waals surface area contributed by atoms with Gasteiger partial charge in [0, 0.05) is 10.3 Å². The van der Waals surface area contributed by atoms with Gasteiger partial charge in [0.05, 0.1) is 5.52 Å². The van der Waals surface area contributed by atoms with E-state index in [4.69, 9.17) is 0 Å². The third-order valence-corrected chi connectivity index (χ3v) is 3.62. The number of benzene rings is 2. The smallest absolute Gasteiger partial charge is 0.124 e. The van der Waals surface area contributed by atoms with Gasteiger partial charge in [0.25, 0.3) is 0 Å². The molecule has 1 aromatic heterocycles. The van der Waals surface area contributed by atoms with Crippen molar-refractivity contribution < 1.29 is 8.78 Å². The summed E-state index contributed by atoms with van der Waals surface area (Å²) in [4.78, 5) is 9.08. The fraction of sp³-hybridized carbons (Fsp3) is 0. The summed E-state index contributed by atoms with van der Waals surface area (Å²) in [6.07, 6.45) is 1.44. The van der Waals surface area contributed by atoms with Crippen LogP contribution in [0, 0.1) is 11.6 Å². The minimum Gasteiger partial charge on any atom is -0.236 e. The van der Waals surface area contributed by atoms with Gasteiger partial charge in [0.2, 0.25) is 0 Å². The average molecular weight is 274 g/mol. The second kappa shape index (κ2) is 4.93. The first kappa shape index (κ1) is 12.0. The Balaban J connectivity index is 2.05. The summed E-state index contributed by atoms with van der Waals surface area (Å²) in [5.41, 5.74) is 0.681. The molecule has 19 heavy (non-hydrogen) atoms. The summed E-state index contributed by atoms with van der Waals surface area (Å²) in [7, 11) is 0. The maximum absolute atomic E-state index is 13.3. The first-order chi connectivity index (χ1) is 9.22. The van der Waals surface area contributed by atoms with E-state index < -0.39 is 0 Å². The molecule has 0 radical (unpaired) electrons. The van der Waals surface area contributed by atoms with Crippen molar-refractivity contribution in [1.82, 2.24) is 9.97 Å². The maximum atomic E-state index is 13.3. The van der Waals surface area contributed by atoms with E-state index in [1.54, 1.807) is 18.2 Å². The second-order valence-electron chi connectivity index (χ2n) is 3.90. The fourth-order valence-corrected chi connectivity index (χ4v) is 2.57. The highest BCUT2D eigenvalue weighted by molar-refractivity contribution is 7.99. The molecule has 0 amide bonds. The molecule has 0 aliphatic rings. The van der Waals surface area contributed by atoms with E-state index in [1.165, 1.54) is 42.4 Å². The predicted molar refractivity (Wildman–Crippen MR) is 70.0 cm³/mol. The van der Waals surface area contributed by atoms with Crippen LogP contribution in [0.3, 0.4) is 0 Å². The van der Waals surface area contributed by atoms with Gasteiger partial charge in [-0.2, -0.15) is 0 Å². The van der Waals surface area contributed by atoms with Crippen LogP contribution in [-0.4, -0.2) is 9.97 Å². The molecule has 94 valence electrons. The highest BCUT2D eigenvalue weighted by atomic mass is 32.2. The predicted octanol–water partition coefficient (Wildman–Crippen LogP) is 4.06. The molecule has 0 aliphatic carbocycles. The Hall–Kier alpha value is -2.01. The van der Waals surface area contributed by atoms with E-state index in [1.807, 2.05) is 0 Å². The van der Waals surface area contributed by atoms with Gasteiger partial charge in [0.15, 0.2) is 0 Å². The van der Waals surface area contributed by atoms with Gasteiger partial charge in [-0.3, -0.25) is 0 Å². The van der Waals surface area contributed by atoms with Crippen molar-refractivity contribution in [1.29, 1.82) is 0 Å². The van der Waals surface area contributed by atoms with Gasteiger partial charge in [-0.05, 0) is 42.5 Å².